The molecular weight excluding hydrogens is 411 g/mol. The number of hydrogen-bond donors (Lipinski definition) is 1. The number of methoxy groups -OCH3 is 3. The second-order valence-electron chi connectivity index (χ2n) is 5.60. The first-order chi connectivity index (χ1) is 14.3. The van der Waals surface area contributed by atoms with Crippen molar-refractivity contribution in [2.45, 2.75) is 39.0 Å². The minimum atomic E-state index is -4.74. The fraction of sp³-hybridized carbons (Fsp3) is 0.706. The Morgan fingerprint density at radius 2 is 1.73 bits per heavy atom. The first kappa shape index (κ1) is 25.8. The minimum absolute atomic E-state index is 0.0406. The fourth-order valence-electron chi connectivity index (χ4n) is 2.49. The molecule has 0 saturated heterocycles. The molecule has 172 valence electrons. The molecule has 2 unspecified atom stereocenters. The fourth-order valence-corrected chi connectivity index (χ4v) is 2.49. The number of halogens is 3. The van der Waals surface area contributed by atoms with Crippen molar-refractivity contribution in [3.63, 3.8) is 0 Å². The van der Waals surface area contributed by atoms with Crippen molar-refractivity contribution >= 4 is 17.1 Å². The van der Waals surface area contributed by atoms with Gasteiger partial charge >= 0.3 is 6.36 Å². The van der Waals surface area contributed by atoms with Crippen LogP contribution < -0.4 is 10.5 Å². The summed E-state index contributed by atoms with van der Waals surface area (Å²) in [5.41, 5.74) is 6.28. The van der Waals surface area contributed by atoms with Crippen LogP contribution in [0.3, 0.4) is 0 Å². The van der Waals surface area contributed by atoms with E-state index in [0.717, 1.165) is 0 Å². The van der Waals surface area contributed by atoms with Crippen molar-refractivity contribution in [2.75, 3.05) is 46.9 Å². The zero-order chi connectivity index (χ0) is 22.7. The summed E-state index contributed by atoms with van der Waals surface area (Å²) in [7, 11) is 4.62. The summed E-state index contributed by atoms with van der Waals surface area (Å²) in [4.78, 5) is 12.2. The van der Waals surface area contributed by atoms with Crippen LogP contribution in [0.1, 0.15) is 13.8 Å². The Labute approximate surface area is 172 Å². The van der Waals surface area contributed by atoms with E-state index < -0.39 is 19.6 Å². The molecule has 0 amide bonds. The summed E-state index contributed by atoms with van der Waals surface area (Å²) in [6.45, 7) is 3.53. The highest BCUT2D eigenvalue weighted by Crippen LogP contribution is 2.23. The molecule has 0 aromatic carbocycles. The molecule has 0 radical (unpaired) electrons. The first-order valence-electron chi connectivity index (χ1n) is 9.15. The van der Waals surface area contributed by atoms with Gasteiger partial charge in [0.25, 0.3) is 0 Å². The predicted octanol–water partition coefficient (Wildman–Crippen LogP) is 2.03. The minimum Gasteiger partial charge on any atom is -0.473 e. The number of ether oxygens (including phenoxy) is 5. The monoisotopic (exact) mass is 439 g/mol. The highest BCUT2D eigenvalue weighted by Gasteiger charge is 2.29. The van der Waals surface area contributed by atoms with E-state index in [1.165, 1.54) is 20.5 Å². The van der Waals surface area contributed by atoms with Crippen molar-refractivity contribution < 1.29 is 36.9 Å². The third-order valence-electron chi connectivity index (χ3n) is 3.76. The van der Waals surface area contributed by atoms with Crippen LogP contribution in [0.5, 0.6) is 5.88 Å². The number of fused-ring (bicyclic) bond motifs is 1. The van der Waals surface area contributed by atoms with Crippen LogP contribution in [0.4, 0.5) is 19.1 Å². The molecule has 0 bridgehead atoms. The third-order valence-corrected chi connectivity index (χ3v) is 3.76. The molecule has 2 rings (SSSR count). The van der Waals surface area contributed by atoms with Crippen molar-refractivity contribution in [3.8, 4) is 5.88 Å². The van der Waals surface area contributed by atoms with E-state index in [1.807, 2.05) is 13.8 Å². The lowest BCUT2D eigenvalue weighted by molar-refractivity contribution is -0.325. The van der Waals surface area contributed by atoms with Crippen LogP contribution in [0.25, 0.3) is 11.2 Å². The van der Waals surface area contributed by atoms with Gasteiger partial charge in [-0.1, -0.05) is 13.8 Å². The molecule has 0 aliphatic heterocycles. The van der Waals surface area contributed by atoms with E-state index in [4.69, 9.17) is 24.7 Å². The zero-order valence-electron chi connectivity index (χ0n) is 17.6. The molecule has 0 fully saturated rings. The van der Waals surface area contributed by atoms with Crippen LogP contribution in [0.2, 0.25) is 0 Å². The van der Waals surface area contributed by atoms with Crippen LogP contribution in [-0.4, -0.2) is 79.2 Å². The molecule has 2 aromatic heterocycles. The summed E-state index contributed by atoms with van der Waals surface area (Å²) >= 11 is 0. The van der Waals surface area contributed by atoms with Gasteiger partial charge in [-0.3, -0.25) is 4.74 Å². The maximum atomic E-state index is 12.0. The molecule has 0 saturated carbocycles. The average molecular weight is 439 g/mol. The van der Waals surface area contributed by atoms with Gasteiger partial charge in [-0.05, 0) is 0 Å². The molecule has 13 heteroatoms. The average Bonchev–Trinajstić information content (AvgIpc) is 3.11. The lowest BCUT2D eigenvalue weighted by atomic mass is 10.2. The smallest absolute Gasteiger partial charge is 0.473 e. The van der Waals surface area contributed by atoms with E-state index in [2.05, 4.69) is 19.7 Å². The number of imidazole rings is 1. The lowest BCUT2D eigenvalue weighted by Crippen LogP contribution is -2.37. The van der Waals surface area contributed by atoms with E-state index in [9.17, 15) is 13.2 Å². The highest BCUT2D eigenvalue weighted by atomic mass is 19.4. The van der Waals surface area contributed by atoms with Gasteiger partial charge in [0.2, 0.25) is 11.8 Å². The number of nitrogens with two attached hydrogens (primary N) is 1. The van der Waals surface area contributed by atoms with E-state index >= 15 is 0 Å². The molecule has 0 spiro atoms. The standard InChI is InChI=1S/C15H22F3N5O5.C2H6/c1-24-7-10(26-3)9(25-2)6-23-8-20-11-12(23)21-14(19)22-13(11)27-4-5-28-15(16,17)18;1-2/h8-10H,4-7H2,1-3H3,(H2,19,21,22);1-2H3. The number of aromatic nitrogens is 4. The SMILES string of the molecule is CC.COCC(OC)C(Cn1cnc2c(OCCOC(F)(F)F)nc(N)nc21)OC. The van der Waals surface area contributed by atoms with E-state index in [-0.39, 0.29) is 29.6 Å². The summed E-state index contributed by atoms with van der Waals surface area (Å²) in [5.74, 6) is -0.156. The largest absolute Gasteiger partial charge is 0.522 e. The topological polar surface area (TPSA) is 116 Å². The van der Waals surface area contributed by atoms with Crippen molar-refractivity contribution in [2.24, 2.45) is 0 Å². The number of hydrogen-bond acceptors (Lipinski definition) is 9. The number of rotatable bonds is 11. The summed E-state index contributed by atoms with van der Waals surface area (Å²) < 4.78 is 62.6. The third kappa shape index (κ3) is 7.55. The van der Waals surface area contributed by atoms with Crippen LogP contribution in [-0.2, 0) is 25.5 Å². The molecule has 0 aliphatic carbocycles. The van der Waals surface area contributed by atoms with Crippen molar-refractivity contribution in [3.05, 3.63) is 6.33 Å². The maximum absolute atomic E-state index is 12.0. The highest BCUT2D eigenvalue weighted by molar-refractivity contribution is 5.77. The Kier molecular flexibility index (Phi) is 10.7. The van der Waals surface area contributed by atoms with Crippen molar-refractivity contribution in [1.29, 1.82) is 0 Å². The number of nitrogens with zero attached hydrogens (tertiary/aromatic N) is 4. The second-order valence-corrected chi connectivity index (χ2v) is 5.60. The van der Waals surface area contributed by atoms with Gasteiger partial charge in [0.1, 0.15) is 18.8 Å². The lowest BCUT2D eigenvalue weighted by Gasteiger charge is -2.24. The molecule has 2 heterocycles. The van der Waals surface area contributed by atoms with Gasteiger partial charge < -0.3 is 29.2 Å². The zero-order valence-corrected chi connectivity index (χ0v) is 17.6. The number of anilines is 1. The normalized spacial score (nSPS) is 13.6. The van der Waals surface area contributed by atoms with Gasteiger partial charge in [-0.25, -0.2) is 4.98 Å². The van der Waals surface area contributed by atoms with Gasteiger partial charge in [0.15, 0.2) is 11.2 Å². The number of alkyl halides is 3. The van der Waals surface area contributed by atoms with Gasteiger partial charge in [-0.15, -0.1) is 13.2 Å². The Hall–Kier alpha value is -2.22. The Morgan fingerprint density at radius 3 is 2.30 bits per heavy atom. The van der Waals surface area contributed by atoms with Gasteiger partial charge in [-0.2, -0.15) is 9.97 Å². The summed E-state index contributed by atoms with van der Waals surface area (Å²) in [6.07, 6.45) is -3.99. The molecule has 2 aromatic rings. The molecule has 2 N–H and O–H groups in total. The molecule has 2 atom stereocenters. The Balaban J connectivity index is 0.00000218. The Morgan fingerprint density at radius 1 is 1.07 bits per heavy atom. The molecule has 10 nitrogen and oxygen atoms in total. The molecule has 30 heavy (non-hydrogen) atoms. The quantitative estimate of drug-likeness (QED) is 0.525. The van der Waals surface area contributed by atoms with Crippen LogP contribution >= 0.6 is 0 Å². The predicted molar refractivity (Wildman–Crippen MR) is 102 cm³/mol. The summed E-state index contributed by atoms with van der Waals surface area (Å²) in [5, 5.41) is 0. The van der Waals surface area contributed by atoms with Crippen LogP contribution in [0, 0.1) is 0 Å². The molecule has 0 aliphatic rings. The van der Waals surface area contributed by atoms with E-state index in [1.54, 1.807) is 11.7 Å². The Bertz CT molecular complexity index is 759. The molecular formula is C17H28F3N5O5. The van der Waals surface area contributed by atoms with Crippen molar-refractivity contribution in [1.82, 2.24) is 19.5 Å². The van der Waals surface area contributed by atoms with Crippen LogP contribution in [0.15, 0.2) is 6.33 Å². The number of nitrogen functional groups attached to an aromatic ring is 1. The van der Waals surface area contributed by atoms with Gasteiger partial charge in [0, 0.05) is 21.3 Å². The second kappa shape index (κ2) is 12.5. The summed E-state index contributed by atoms with van der Waals surface area (Å²) in [6, 6.07) is 0. The van der Waals surface area contributed by atoms with E-state index in [0.29, 0.717) is 18.8 Å². The first-order valence-corrected chi connectivity index (χ1v) is 9.15. The maximum Gasteiger partial charge on any atom is 0.522 e. The van der Waals surface area contributed by atoms with Gasteiger partial charge in [0.05, 0.1) is 26.1 Å².